The summed E-state index contributed by atoms with van der Waals surface area (Å²) < 4.78 is 2.64. The molecule has 0 aliphatic carbocycles. The first kappa shape index (κ1) is 46.1. The fraction of sp³-hybridized carbons (Fsp3) is 0.108. The lowest BCUT2D eigenvalue weighted by Crippen LogP contribution is -2.94. The summed E-state index contributed by atoms with van der Waals surface area (Å²) in [5.41, 5.74) is 27.1. The summed E-state index contributed by atoms with van der Waals surface area (Å²) in [7, 11) is 0. The number of benzene rings is 11. The zero-order chi connectivity index (χ0) is 52.6. The first-order chi connectivity index (χ1) is 38.0. The van der Waals surface area contributed by atoms with Crippen molar-refractivity contribution in [3.05, 3.63) is 254 Å². The van der Waals surface area contributed by atoms with E-state index in [9.17, 15) is 0 Å². The molecule has 4 heterocycles. The van der Waals surface area contributed by atoms with Crippen LogP contribution in [0.1, 0.15) is 52.7 Å². The lowest BCUT2D eigenvalue weighted by atomic mass is 9.85. The quantitative estimate of drug-likeness (QED) is 0.163. The van der Waals surface area contributed by atoms with Crippen molar-refractivity contribution in [2.24, 2.45) is 0 Å². The van der Waals surface area contributed by atoms with Crippen molar-refractivity contribution in [3.8, 4) is 44.5 Å². The van der Waals surface area contributed by atoms with Gasteiger partial charge in [0.2, 0.25) is 0 Å². The molecule has 2 aliphatic rings. The standard InChI is InChI=1S/C74H58N4/c1-73(2,3)49-33-37-53(38-34-49)75(51-25-15-9-16-26-51)55-41-43-57-59-29-19-31-61-67-66(48-23-13-8-14-24-48)72-68(65(47-21-11-7-12-22-47)71(67)77(69(59)61)63(57)45-55)62-32-20-30-60-58-44-42-56(46-64(58)78(72)70(60)62)76(52-27-17-10-18-28-52)54-39-35-50(36-40-54)74(4,5)6/h7-46H,1-6H3/p+1. The normalized spacial score (nSPS) is 13.6. The number of fused-ring (bicyclic) bond motifs is 12. The zero-order valence-corrected chi connectivity index (χ0v) is 44.9. The van der Waals surface area contributed by atoms with E-state index in [1.54, 1.807) is 0 Å². The molecule has 0 fully saturated rings. The van der Waals surface area contributed by atoms with Gasteiger partial charge in [0.05, 0.1) is 44.5 Å². The van der Waals surface area contributed by atoms with E-state index >= 15 is 0 Å². The van der Waals surface area contributed by atoms with Gasteiger partial charge in [0.1, 0.15) is 0 Å². The Balaban J connectivity index is 1.04. The molecule has 4 heteroatoms. The van der Waals surface area contributed by atoms with Crippen LogP contribution in [0.2, 0.25) is 0 Å². The van der Waals surface area contributed by atoms with E-state index in [-0.39, 0.29) is 10.8 Å². The second-order valence-electron chi connectivity index (χ2n) is 23.5. The number of aromatic nitrogens is 1. The average Bonchev–Trinajstić information content (AvgIpc) is 2.14. The largest absolute Gasteiger partial charge is 0.310 e. The molecule has 0 saturated heterocycles. The van der Waals surface area contributed by atoms with Crippen molar-refractivity contribution in [1.29, 1.82) is 0 Å². The first-order valence-electron chi connectivity index (χ1n) is 27.5. The van der Waals surface area contributed by atoms with Gasteiger partial charge in [0, 0.05) is 67.2 Å². The summed E-state index contributed by atoms with van der Waals surface area (Å²) in [6.45, 7) is 13.7. The van der Waals surface area contributed by atoms with Gasteiger partial charge >= 0.3 is 0 Å². The Morgan fingerprint density at radius 1 is 0.333 bits per heavy atom. The Kier molecular flexibility index (Phi) is 10.1. The van der Waals surface area contributed by atoms with Gasteiger partial charge in [0.25, 0.3) is 0 Å². The molecule has 1 atom stereocenters. The second kappa shape index (κ2) is 17.1. The first-order valence-corrected chi connectivity index (χ1v) is 27.5. The summed E-state index contributed by atoms with van der Waals surface area (Å²) in [4.78, 5) is 6.16. The number of anilines is 6. The minimum absolute atomic E-state index is 0.0417. The number of para-hydroxylation sites is 4. The third-order valence-electron chi connectivity index (χ3n) is 16.8. The maximum Gasteiger partial charge on any atom is 0.158 e. The van der Waals surface area contributed by atoms with Crippen molar-refractivity contribution in [3.63, 3.8) is 0 Å². The SMILES string of the molecule is CC(C)(C)c1ccc(N(c2ccccc2)c2ccc3c(c2)[NH+]2c4c-3cccc4-c3c2c(-c2ccccc2)c2c4cccc5c6ccc(N(c7ccccc7)c7ccc(C(C)(C)C)cc7)cc6n(c2c3-c2ccccc2)c54)cc1. The monoisotopic (exact) mass is 1000 g/mol. The maximum absolute atomic E-state index is 2.64. The number of nitrogens with zero attached hydrogens (tertiary/aromatic N) is 3. The molecule has 78 heavy (non-hydrogen) atoms. The molecule has 2 aliphatic heterocycles. The predicted molar refractivity (Wildman–Crippen MR) is 330 cm³/mol. The van der Waals surface area contributed by atoms with Crippen molar-refractivity contribution >= 4 is 89.3 Å². The van der Waals surface area contributed by atoms with Gasteiger partial charge in [-0.25, -0.2) is 4.90 Å². The van der Waals surface area contributed by atoms with Crippen LogP contribution in [0, 0.1) is 0 Å². The van der Waals surface area contributed by atoms with Gasteiger partial charge in [-0.1, -0.05) is 193 Å². The Morgan fingerprint density at radius 2 is 0.808 bits per heavy atom. The van der Waals surface area contributed by atoms with E-state index in [0.29, 0.717) is 0 Å². The summed E-state index contributed by atoms with van der Waals surface area (Å²) in [6.07, 6.45) is 0. The van der Waals surface area contributed by atoms with E-state index in [2.05, 4.69) is 298 Å². The smallest absolute Gasteiger partial charge is 0.158 e. The summed E-state index contributed by atoms with van der Waals surface area (Å²) in [5, 5.41) is 5.04. The van der Waals surface area contributed by atoms with E-state index in [1.165, 1.54) is 116 Å². The summed E-state index contributed by atoms with van der Waals surface area (Å²) in [6, 6.07) is 90.9. The molecule has 13 aromatic rings. The average molecular weight is 1000 g/mol. The van der Waals surface area contributed by atoms with Gasteiger partial charge in [-0.05, 0) is 118 Å². The molecule has 1 N–H and O–H groups in total. The van der Waals surface area contributed by atoms with Crippen LogP contribution in [0.25, 0.3) is 82.6 Å². The van der Waals surface area contributed by atoms with E-state index in [0.717, 1.165) is 34.1 Å². The van der Waals surface area contributed by atoms with Crippen molar-refractivity contribution in [2.75, 3.05) is 9.80 Å². The Morgan fingerprint density at radius 3 is 1.38 bits per heavy atom. The highest BCUT2D eigenvalue weighted by Crippen LogP contribution is 2.60. The molecule has 0 amide bonds. The molecule has 11 aromatic carbocycles. The van der Waals surface area contributed by atoms with E-state index in [1.807, 2.05) is 0 Å². The highest BCUT2D eigenvalue weighted by molar-refractivity contribution is 6.32. The topological polar surface area (TPSA) is 15.3 Å². The number of hydrogen-bond donors (Lipinski definition) is 1. The predicted octanol–water partition coefficient (Wildman–Crippen LogP) is 19.8. The van der Waals surface area contributed by atoms with Crippen LogP contribution >= 0.6 is 0 Å². The van der Waals surface area contributed by atoms with Crippen molar-refractivity contribution < 1.29 is 4.90 Å². The summed E-state index contributed by atoms with van der Waals surface area (Å²) in [5.74, 6) is 0. The molecule has 0 bridgehead atoms. The number of quaternary nitrogens is 1. The van der Waals surface area contributed by atoms with Crippen molar-refractivity contribution in [1.82, 2.24) is 4.40 Å². The molecule has 2 aromatic heterocycles. The van der Waals surface area contributed by atoms with Crippen molar-refractivity contribution in [2.45, 2.75) is 52.4 Å². The lowest BCUT2D eigenvalue weighted by molar-refractivity contribution is -0.672. The summed E-state index contributed by atoms with van der Waals surface area (Å²) >= 11 is 0. The van der Waals surface area contributed by atoms with Gasteiger partial charge in [-0.2, -0.15) is 0 Å². The minimum atomic E-state index is 0.0417. The van der Waals surface area contributed by atoms with E-state index in [4.69, 9.17) is 0 Å². The fourth-order valence-corrected chi connectivity index (χ4v) is 13.2. The van der Waals surface area contributed by atoms with Crippen LogP contribution in [0.5, 0.6) is 0 Å². The van der Waals surface area contributed by atoms with Crippen LogP contribution in [0.3, 0.4) is 0 Å². The molecule has 0 spiro atoms. The molecule has 0 saturated carbocycles. The van der Waals surface area contributed by atoms with Crippen LogP contribution in [0.4, 0.5) is 51.2 Å². The highest BCUT2D eigenvalue weighted by atomic mass is 15.2. The molecule has 1 unspecified atom stereocenters. The molecule has 4 nitrogen and oxygen atoms in total. The Hall–Kier alpha value is -9.22. The van der Waals surface area contributed by atoms with Crippen LogP contribution in [-0.2, 0) is 10.8 Å². The maximum atomic E-state index is 2.64. The molecule has 15 rings (SSSR count). The Labute approximate surface area is 456 Å². The van der Waals surface area contributed by atoms with E-state index < -0.39 is 0 Å². The molecular weight excluding hydrogens is 945 g/mol. The second-order valence-corrected chi connectivity index (χ2v) is 23.5. The number of rotatable bonds is 8. The third-order valence-corrected chi connectivity index (χ3v) is 16.8. The molecular formula is C74H59N4+. The highest BCUT2D eigenvalue weighted by Gasteiger charge is 2.48. The zero-order valence-electron chi connectivity index (χ0n) is 44.9. The lowest BCUT2D eigenvalue weighted by Gasteiger charge is -2.27. The third kappa shape index (κ3) is 6.89. The van der Waals surface area contributed by atoms with Gasteiger partial charge in [0.15, 0.2) is 17.1 Å². The van der Waals surface area contributed by atoms with Gasteiger partial charge in [-0.15, -0.1) is 0 Å². The van der Waals surface area contributed by atoms with Crippen LogP contribution in [0.15, 0.2) is 243 Å². The van der Waals surface area contributed by atoms with Gasteiger partial charge < -0.3 is 14.2 Å². The molecule has 374 valence electrons. The van der Waals surface area contributed by atoms with Gasteiger partial charge in [-0.3, -0.25) is 0 Å². The Bertz CT molecular complexity index is 4470. The number of hydrogen-bond acceptors (Lipinski definition) is 2. The fourth-order valence-electron chi connectivity index (χ4n) is 13.2. The van der Waals surface area contributed by atoms with Crippen LogP contribution < -0.4 is 14.7 Å². The molecule has 0 radical (unpaired) electrons. The minimum Gasteiger partial charge on any atom is -0.310 e. The van der Waals surface area contributed by atoms with Crippen LogP contribution in [-0.4, -0.2) is 4.40 Å². The number of nitrogens with one attached hydrogen (secondary N) is 1.